The number of rotatable bonds is 4. The molecule has 0 unspecified atom stereocenters. The highest BCUT2D eigenvalue weighted by Gasteiger charge is 2.11. The van der Waals surface area contributed by atoms with Gasteiger partial charge in [0, 0.05) is 21.6 Å². The molecular weight excluding hydrogens is 366 g/mol. The minimum absolute atomic E-state index is 0.297. The highest BCUT2D eigenvalue weighted by molar-refractivity contribution is 9.10. The van der Waals surface area contributed by atoms with E-state index in [0.29, 0.717) is 23.6 Å². The van der Waals surface area contributed by atoms with Gasteiger partial charge in [-0.2, -0.15) is 0 Å². The largest absolute Gasteiger partial charge is 0.425 e. The van der Waals surface area contributed by atoms with Gasteiger partial charge in [0.15, 0.2) is 0 Å². The van der Waals surface area contributed by atoms with Crippen molar-refractivity contribution in [2.75, 3.05) is 0 Å². The van der Waals surface area contributed by atoms with Gasteiger partial charge in [-0.15, -0.1) is 0 Å². The van der Waals surface area contributed by atoms with Gasteiger partial charge in [-0.1, -0.05) is 45.7 Å². The third-order valence-electron chi connectivity index (χ3n) is 3.39. The number of esters is 1. The number of H-pyrrole nitrogens is 1. The Morgan fingerprint density at radius 2 is 2.05 bits per heavy atom. The number of carbonyl (C=O) groups is 1. The third kappa shape index (κ3) is 3.34. The lowest BCUT2D eigenvalue weighted by molar-refractivity contribution is -0.134. The molecule has 1 heterocycles. The van der Waals surface area contributed by atoms with Crippen LogP contribution in [0.25, 0.3) is 10.9 Å². The van der Waals surface area contributed by atoms with Crippen LogP contribution in [0.3, 0.4) is 0 Å². The molecule has 0 radical (unpaired) electrons. The average Bonchev–Trinajstić information content (AvgIpc) is 2.91. The lowest BCUT2D eigenvalue weighted by atomic mass is 10.1. The third-order valence-corrected chi connectivity index (χ3v) is 4.18. The van der Waals surface area contributed by atoms with E-state index >= 15 is 0 Å². The number of hydrogen-bond acceptors (Lipinski definition) is 2. The molecule has 0 saturated heterocycles. The van der Waals surface area contributed by atoms with Gasteiger partial charge >= 0.3 is 5.97 Å². The molecule has 3 nitrogen and oxygen atoms in total. The predicted molar refractivity (Wildman–Crippen MR) is 91.4 cm³/mol. The fourth-order valence-corrected chi connectivity index (χ4v) is 3.02. The summed E-state index contributed by atoms with van der Waals surface area (Å²) in [4.78, 5) is 15.2. The highest BCUT2D eigenvalue weighted by atomic mass is 79.9. The molecule has 5 heteroatoms. The summed E-state index contributed by atoms with van der Waals surface area (Å²) in [6.45, 7) is 0. The van der Waals surface area contributed by atoms with Crippen LogP contribution in [0.15, 0.2) is 53.1 Å². The number of aryl methyl sites for hydroxylation is 1. The summed E-state index contributed by atoms with van der Waals surface area (Å²) in [5.74, 6) is 0.0864. The number of nitrogens with one attached hydrogen (secondary N) is 1. The van der Waals surface area contributed by atoms with Crippen molar-refractivity contribution in [3.63, 3.8) is 0 Å². The molecule has 0 amide bonds. The van der Waals surface area contributed by atoms with E-state index < -0.39 is 0 Å². The van der Waals surface area contributed by atoms with Gasteiger partial charge in [-0.3, -0.25) is 4.79 Å². The molecule has 0 fully saturated rings. The number of para-hydroxylation sites is 1. The molecule has 0 spiro atoms. The van der Waals surface area contributed by atoms with E-state index in [2.05, 4.69) is 20.9 Å². The van der Waals surface area contributed by atoms with Crippen LogP contribution in [0.5, 0.6) is 5.75 Å². The first kappa shape index (κ1) is 15.1. The van der Waals surface area contributed by atoms with Crippen molar-refractivity contribution >= 4 is 44.4 Å². The molecule has 1 aromatic heterocycles. The lowest BCUT2D eigenvalue weighted by Gasteiger charge is -2.06. The summed E-state index contributed by atoms with van der Waals surface area (Å²) < 4.78 is 6.15. The molecule has 0 aliphatic carbocycles. The molecular formula is C17H13BrClNO2. The Morgan fingerprint density at radius 1 is 1.23 bits per heavy atom. The summed E-state index contributed by atoms with van der Waals surface area (Å²) in [5.41, 5.74) is 2.18. The number of hydrogen-bond donors (Lipinski definition) is 1. The van der Waals surface area contributed by atoms with Crippen molar-refractivity contribution in [2.45, 2.75) is 12.8 Å². The van der Waals surface area contributed by atoms with E-state index in [1.54, 1.807) is 18.2 Å². The van der Waals surface area contributed by atoms with Gasteiger partial charge in [-0.05, 0) is 36.2 Å². The second-order valence-corrected chi connectivity index (χ2v) is 6.23. The fraction of sp³-hybridized carbons (Fsp3) is 0.118. The zero-order chi connectivity index (χ0) is 15.5. The Morgan fingerprint density at radius 3 is 2.86 bits per heavy atom. The van der Waals surface area contributed by atoms with Crippen LogP contribution >= 0.6 is 27.5 Å². The monoisotopic (exact) mass is 377 g/mol. The minimum Gasteiger partial charge on any atom is -0.425 e. The van der Waals surface area contributed by atoms with Gasteiger partial charge in [-0.25, -0.2) is 0 Å². The second-order valence-electron chi connectivity index (χ2n) is 4.91. The maximum Gasteiger partial charge on any atom is 0.311 e. The van der Waals surface area contributed by atoms with Crippen LogP contribution in [0.2, 0.25) is 5.02 Å². The lowest BCUT2D eigenvalue weighted by Crippen LogP contribution is -2.09. The number of aromatic amines is 1. The molecule has 0 saturated carbocycles. The van der Waals surface area contributed by atoms with Crippen LogP contribution in [0.4, 0.5) is 0 Å². The van der Waals surface area contributed by atoms with Gasteiger partial charge in [0.1, 0.15) is 5.75 Å². The Balaban J connectivity index is 1.65. The SMILES string of the molecule is O=C(CCc1c[nH]c2ccccc12)Oc1ccc(Br)cc1Cl. The maximum absolute atomic E-state index is 12.0. The van der Waals surface area contributed by atoms with Gasteiger partial charge in [0.2, 0.25) is 0 Å². The van der Waals surface area contributed by atoms with Crippen molar-refractivity contribution in [1.82, 2.24) is 4.98 Å². The van der Waals surface area contributed by atoms with Gasteiger partial charge < -0.3 is 9.72 Å². The predicted octanol–water partition coefficient (Wildman–Crippen LogP) is 5.12. The Kier molecular flexibility index (Phi) is 4.50. The van der Waals surface area contributed by atoms with Crippen molar-refractivity contribution in [3.05, 3.63) is 63.7 Å². The van der Waals surface area contributed by atoms with Gasteiger partial charge in [0.05, 0.1) is 11.4 Å². The molecule has 1 N–H and O–H groups in total. The summed E-state index contributed by atoms with van der Waals surface area (Å²) >= 11 is 9.35. The molecule has 0 aliphatic heterocycles. The molecule has 3 rings (SSSR count). The molecule has 2 aromatic carbocycles. The normalized spacial score (nSPS) is 10.8. The van der Waals surface area contributed by atoms with Crippen molar-refractivity contribution < 1.29 is 9.53 Å². The quantitative estimate of drug-likeness (QED) is 0.505. The summed E-state index contributed by atoms with van der Waals surface area (Å²) in [6, 6.07) is 13.2. The standard InChI is InChI=1S/C17H13BrClNO2/c18-12-6-7-16(14(19)9-12)22-17(21)8-5-11-10-20-15-4-2-1-3-13(11)15/h1-4,6-7,9-10,20H,5,8H2. The fourth-order valence-electron chi connectivity index (χ4n) is 2.31. The van der Waals surface area contributed by atoms with E-state index in [-0.39, 0.29) is 5.97 Å². The number of benzene rings is 2. The van der Waals surface area contributed by atoms with E-state index in [4.69, 9.17) is 16.3 Å². The second kappa shape index (κ2) is 6.55. The van der Waals surface area contributed by atoms with E-state index in [9.17, 15) is 4.79 Å². The first-order chi connectivity index (χ1) is 10.6. The molecule has 0 atom stereocenters. The zero-order valence-electron chi connectivity index (χ0n) is 11.6. The first-order valence-corrected chi connectivity index (χ1v) is 8.01. The van der Waals surface area contributed by atoms with Crippen LogP contribution in [0.1, 0.15) is 12.0 Å². The van der Waals surface area contributed by atoms with E-state index in [1.807, 2.05) is 30.5 Å². The van der Waals surface area contributed by atoms with Crippen LogP contribution < -0.4 is 4.74 Å². The zero-order valence-corrected chi connectivity index (χ0v) is 13.9. The smallest absolute Gasteiger partial charge is 0.311 e. The molecule has 112 valence electrons. The van der Waals surface area contributed by atoms with Crippen molar-refractivity contribution in [3.8, 4) is 5.75 Å². The highest BCUT2D eigenvalue weighted by Crippen LogP contribution is 2.28. The summed E-state index contributed by atoms with van der Waals surface area (Å²) in [7, 11) is 0. The molecule has 22 heavy (non-hydrogen) atoms. The van der Waals surface area contributed by atoms with E-state index in [1.165, 1.54) is 0 Å². The number of ether oxygens (including phenoxy) is 1. The summed E-state index contributed by atoms with van der Waals surface area (Å²) in [6.07, 6.45) is 2.86. The Hall–Kier alpha value is -1.78. The van der Waals surface area contributed by atoms with Gasteiger partial charge in [0.25, 0.3) is 0 Å². The first-order valence-electron chi connectivity index (χ1n) is 6.84. The minimum atomic E-state index is -0.297. The number of aromatic nitrogens is 1. The maximum atomic E-state index is 12.0. The van der Waals surface area contributed by atoms with Crippen molar-refractivity contribution in [2.24, 2.45) is 0 Å². The summed E-state index contributed by atoms with van der Waals surface area (Å²) in [5, 5.41) is 1.55. The average molecular weight is 379 g/mol. The topological polar surface area (TPSA) is 42.1 Å². The Labute approximate surface area is 141 Å². The molecule has 0 aliphatic rings. The van der Waals surface area contributed by atoms with Crippen LogP contribution in [0, 0.1) is 0 Å². The number of carbonyl (C=O) groups excluding carboxylic acids is 1. The molecule has 0 bridgehead atoms. The van der Waals surface area contributed by atoms with Crippen molar-refractivity contribution in [1.29, 1.82) is 0 Å². The Bertz CT molecular complexity index is 828. The molecule has 3 aromatic rings. The van der Waals surface area contributed by atoms with Crippen LogP contribution in [-0.2, 0) is 11.2 Å². The van der Waals surface area contributed by atoms with E-state index in [0.717, 1.165) is 20.9 Å². The number of fused-ring (bicyclic) bond motifs is 1. The van der Waals surface area contributed by atoms with Crippen LogP contribution in [-0.4, -0.2) is 11.0 Å². The number of halogens is 2.